The van der Waals surface area contributed by atoms with Crippen LogP contribution in [0.4, 0.5) is 0 Å². The molecule has 2 unspecified atom stereocenters. The molecule has 0 radical (unpaired) electrons. The van der Waals surface area contributed by atoms with Crippen molar-refractivity contribution >= 4 is 0 Å². The first kappa shape index (κ1) is 16.3. The van der Waals surface area contributed by atoms with E-state index in [9.17, 15) is 0 Å². The largest absolute Gasteiger partial charge is 0.312 e. The highest BCUT2D eigenvalue weighted by Crippen LogP contribution is 2.37. The standard InChI is InChI=1S/C18H36N2/c1-18(2,3)16-10-6-7-11-17(16)19-12-15-20-13-8-4-5-9-14-20/h16-17,19H,4-15H2,1-3H3. The van der Waals surface area contributed by atoms with Crippen LogP contribution in [0.2, 0.25) is 0 Å². The van der Waals surface area contributed by atoms with Gasteiger partial charge in [-0.1, -0.05) is 46.5 Å². The van der Waals surface area contributed by atoms with Crippen molar-refractivity contribution in [1.82, 2.24) is 10.2 Å². The maximum absolute atomic E-state index is 3.90. The van der Waals surface area contributed by atoms with E-state index < -0.39 is 0 Å². The predicted molar refractivity (Wildman–Crippen MR) is 88.1 cm³/mol. The van der Waals surface area contributed by atoms with Crippen molar-refractivity contribution in [3.63, 3.8) is 0 Å². The molecule has 0 aromatic carbocycles. The molecule has 2 atom stereocenters. The van der Waals surface area contributed by atoms with E-state index in [2.05, 4.69) is 31.0 Å². The lowest BCUT2D eigenvalue weighted by atomic mass is 9.69. The fourth-order valence-corrected chi connectivity index (χ4v) is 4.18. The highest BCUT2D eigenvalue weighted by Gasteiger charge is 2.33. The first-order valence-electron chi connectivity index (χ1n) is 9.03. The van der Waals surface area contributed by atoms with Crippen molar-refractivity contribution in [2.45, 2.75) is 78.2 Å². The van der Waals surface area contributed by atoms with Crippen LogP contribution in [-0.4, -0.2) is 37.1 Å². The van der Waals surface area contributed by atoms with Gasteiger partial charge in [-0.3, -0.25) is 0 Å². The second kappa shape index (κ2) is 7.79. The van der Waals surface area contributed by atoms with E-state index in [1.807, 2.05) is 0 Å². The molecule has 1 saturated heterocycles. The van der Waals surface area contributed by atoms with E-state index >= 15 is 0 Å². The molecular weight excluding hydrogens is 244 g/mol. The highest BCUT2D eigenvalue weighted by atomic mass is 15.1. The van der Waals surface area contributed by atoms with Gasteiger partial charge in [0.25, 0.3) is 0 Å². The molecule has 1 heterocycles. The van der Waals surface area contributed by atoms with Gasteiger partial charge in [0.1, 0.15) is 0 Å². The van der Waals surface area contributed by atoms with Gasteiger partial charge in [0.05, 0.1) is 0 Å². The van der Waals surface area contributed by atoms with Crippen molar-refractivity contribution in [2.75, 3.05) is 26.2 Å². The molecule has 0 bridgehead atoms. The topological polar surface area (TPSA) is 15.3 Å². The minimum Gasteiger partial charge on any atom is -0.312 e. The molecule has 1 N–H and O–H groups in total. The van der Waals surface area contributed by atoms with E-state index in [1.165, 1.54) is 77.5 Å². The molecule has 2 fully saturated rings. The normalized spacial score (nSPS) is 30.1. The molecule has 2 rings (SSSR count). The molecule has 0 aromatic rings. The average molecular weight is 280 g/mol. The zero-order valence-corrected chi connectivity index (χ0v) is 14.1. The summed E-state index contributed by atoms with van der Waals surface area (Å²) in [6.07, 6.45) is 11.4. The molecule has 0 amide bonds. The number of hydrogen-bond acceptors (Lipinski definition) is 2. The van der Waals surface area contributed by atoms with Crippen LogP contribution in [0.15, 0.2) is 0 Å². The molecule has 2 nitrogen and oxygen atoms in total. The van der Waals surface area contributed by atoms with Crippen LogP contribution in [-0.2, 0) is 0 Å². The summed E-state index contributed by atoms with van der Waals surface area (Å²) in [6.45, 7) is 12.4. The fraction of sp³-hybridized carbons (Fsp3) is 1.00. The van der Waals surface area contributed by atoms with Crippen molar-refractivity contribution in [1.29, 1.82) is 0 Å². The van der Waals surface area contributed by atoms with Crippen molar-refractivity contribution in [3.05, 3.63) is 0 Å². The molecule has 1 aliphatic heterocycles. The summed E-state index contributed by atoms with van der Waals surface area (Å²) in [4.78, 5) is 2.68. The van der Waals surface area contributed by atoms with Gasteiger partial charge in [0.15, 0.2) is 0 Å². The van der Waals surface area contributed by atoms with Crippen LogP contribution < -0.4 is 5.32 Å². The average Bonchev–Trinajstić information content (AvgIpc) is 2.67. The van der Waals surface area contributed by atoms with Crippen LogP contribution in [0, 0.1) is 11.3 Å². The third kappa shape index (κ3) is 5.04. The van der Waals surface area contributed by atoms with E-state index in [1.54, 1.807) is 0 Å². The maximum Gasteiger partial charge on any atom is 0.0107 e. The van der Waals surface area contributed by atoms with Gasteiger partial charge >= 0.3 is 0 Å². The third-order valence-corrected chi connectivity index (χ3v) is 5.41. The highest BCUT2D eigenvalue weighted by molar-refractivity contribution is 4.88. The van der Waals surface area contributed by atoms with E-state index in [0.717, 1.165) is 12.0 Å². The molecule has 1 saturated carbocycles. The summed E-state index contributed by atoms with van der Waals surface area (Å²) in [5.41, 5.74) is 0.459. The smallest absolute Gasteiger partial charge is 0.0107 e. The Morgan fingerprint density at radius 2 is 1.55 bits per heavy atom. The van der Waals surface area contributed by atoms with Crippen LogP contribution in [0.25, 0.3) is 0 Å². The Bertz CT molecular complexity index is 261. The van der Waals surface area contributed by atoms with Crippen molar-refractivity contribution in [3.8, 4) is 0 Å². The lowest BCUT2D eigenvalue weighted by molar-refractivity contribution is 0.128. The Kier molecular flexibility index (Phi) is 6.35. The van der Waals surface area contributed by atoms with Gasteiger partial charge in [0, 0.05) is 19.1 Å². The predicted octanol–water partition coefficient (Wildman–Crippen LogP) is 4.06. The Labute approximate surface area is 126 Å². The molecule has 0 spiro atoms. The van der Waals surface area contributed by atoms with Gasteiger partial charge in [-0.15, -0.1) is 0 Å². The maximum atomic E-state index is 3.90. The van der Waals surface area contributed by atoms with Gasteiger partial charge in [-0.05, 0) is 50.1 Å². The van der Waals surface area contributed by atoms with Crippen molar-refractivity contribution in [2.24, 2.45) is 11.3 Å². The number of rotatable bonds is 4. The molecule has 1 aliphatic carbocycles. The summed E-state index contributed by atoms with van der Waals surface area (Å²) in [5.74, 6) is 0.861. The zero-order valence-electron chi connectivity index (χ0n) is 14.1. The Hall–Kier alpha value is -0.0800. The molecule has 0 aromatic heterocycles. The van der Waals surface area contributed by atoms with Gasteiger partial charge in [0.2, 0.25) is 0 Å². The first-order valence-corrected chi connectivity index (χ1v) is 9.03. The third-order valence-electron chi connectivity index (χ3n) is 5.41. The Balaban J connectivity index is 1.73. The first-order chi connectivity index (χ1) is 9.57. The molecule has 20 heavy (non-hydrogen) atoms. The SMILES string of the molecule is CC(C)(C)C1CCCCC1NCCN1CCCCCC1. The van der Waals surface area contributed by atoms with Gasteiger partial charge in [-0.2, -0.15) is 0 Å². The minimum atomic E-state index is 0.459. The molecule has 2 aliphatic rings. The number of nitrogens with zero attached hydrogens (tertiary/aromatic N) is 1. The zero-order chi connectivity index (χ0) is 14.4. The van der Waals surface area contributed by atoms with E-state index in [-0.39, 0.29) is 0 Å². The summed E-state index contributed by atoms with van der Waals surface area (Å²) < 4.78 is 0. The van der Waals surface area contributed by atoms with Crippen LogP contribution >= 0.6 is 0 Å². The summed E-state index contributed by atoms with van der Waals surface area (Å²) >= 11 is 0. The lowest BCUT2D eigenvalue weighted by Crippen LogP contribution is -2.46. The number of nitrogens with one attached hydrogen (secondary N) is 1. The monoisotopic (exact) mass is 280 g/mol. The Morgan fingerprint density at radius 1 is 0.900 bits per heavy atom. The van der Waals surface area contributed by atoms with Crippen LogP contribution in [0.5, 0.6) is 0 Å². The van der Waals surface area contributed by atoms with Crippen LogP contribution in [0.1, 0.15) is 72.1 Å². The fourth-order valence-electron chi connectivity index (χ4n) is 4.18. The second-order valence-corrected chi connectivity index (χ2v) is 8.07. The molecule has 118 valence electrons. The second-order valence-electron chi connectivity index (χ2n) is 8.07. The van der Waals surface area contributed by atoms with E-state index in [4.69, 9.17) is 0 Å². The minimum absolute atomic E-state index is 0.459. The van der Waals surface area contributed by atoms with Crippen LogP contribution in [0.3, 0.4) is 0 Å². The van der Waals surface area contributed by atoms with Crippen molar-refractivity contribution < 1.29 is 0 Å². The molecule has 2 heteroatoms. The molecular formula is C18H36N2. The summed E-state index contributed by atoms with van der Waals surface area (Å²) in [6, 6.07) is 0.760. The Morgan fingerprint density at radius 3 is 2.20 bits per heavy atom. The van der Waals surface area contributed by atoms with E-state index in [0.29, 0.717) is 5.41 Å². The lowest BCUT2D eigenvalue weighted by Gasteiger charge is -2.41. The van der Waals surface area contributed by atoms with Gasteiger partial charge < -0.3 is 10.2 Å². The number of likely N-dealkylation sites (tertiary alicyclic amines) is 1. The quantitative estimate of drug-likeness (QED) is 0.835. The van der Waals surface area contributed by atoms with Gasteiger partial charge in [-0.25, -0.2) is 0 Å². The number of hydrogen-bond donors (Lipinski definition) is 1. The summed E-state index contributed by atoms with van der Waals surface area (Å²) in [5, 5.41) is 3.90. The summed E-state index contributed by atoms with van der Waals surface area (Å²) in [7, 11) is 0.